The fourth-order valence-corrected chi connectivity index (χ4v) is 2.55. The molecule has 1 heterocycles. The van der Waals surface area contributed by atoms with E-state index in [0.717, 1.165) is 24.9 Å². The first-order chi connectivity index (χ1) is 9.53. The minimum absolute atomic E-state index is 0.0297. The van der Waals surface area contributed by atoms with Crippen molar-refractivity contribution in [2.75, 3.05) is 23.0 Å². The molecular formula is C15H23N3O2. The summed E-state index contributed by atoms with van der Waals surface area (Å²) < 4.78 is 5.36. The number of nitrogen functional groups attached to an aromatic ring is 1. The van der Waals surface area contributed by atoms with Crippen LogP contribution in [-0.4, -0.2) is 18.1 Å². The lowest BCUT2D eigenvalue weighted by atomic mass is 9.89. The van der Waals surface area contributed by atoms with Gasteiger partial charge in [0, 0.05) is 11.6 Å². The van der Waals surface area contributed by atoms with Crippen LogP contribution in [0.2, 0.25) is 0 Å². The second kappa shape index (κ2) is 5.61. The number of ether oxygens (including phenoxy) is 1. The molecule has 1 aliphatic heterocycles. The van der Waals surface area contributed by atoms with Gasteiger partial charge in [0.15, 0.2) is 6.61 Å². The molecule has 0 bridgehead atoms. The molecule has 1 aromatic carbocycles. The zero-order chi connectivity index (χ0) is 14.8. The van der Waals surface area contributed by atoms with E-state index in [-0.39, 0.29) is 18.1 Å². The van der Waals surface area contributed by atoms with E-state index < -0.39 is 0 Å². The summed E-state index contributed by atoms with van der Waals surface area (Å²) in [4.78, 5) is 11.4. The molecule has 0 unspecified atom stereocenters. The predicted octanol–water partition coefficient (Wildman–Crippen LogP) is 2.98. The van der Waals surface area contributed by atoms with Crippen LogP contribution < -0.4 is 21.1 Å². The SMILES string of the molecule is CCC(CC)(CC)Nc1cc2c(cc1N)OCC(=O)N2. The molecule has 110 valence electrons. The molecular weight excluding hydrogens is 254 g/mol. The topological polar surface area (TPSA) is 76.4 Å². The molecule has 1 amide bonds. The van der Waals surface area contributed by atoms with Crippen molar-refractivity contribution in [1.29, 1.82) is 0 Å². The van der Waals surface area contributed by atoms with Crippen LogP contribution in [0, 0.1) is 0 Å². The first-order valence-corrected chi connectivity index (χ1v) is 7.18. The molecule has 20 heavy (non-hydrogen) atoms. The van der Waals surface area contributed by atoms with Gasteiger partial charge in [0.2, 0.25) is 0 Å². The van der Waals surface area contributed by atoms with Crippen LogP contribution in [-0.2, 0) is 4.79 Å². The number of hydrogen-bond donors (Lipinski definition) is 3. The number of benzene rings is 1. The van der Waals surface area contributed by atoms with Crippen LogP contribution in [0.25, 0.3) is 0 Å². The summed E-state index contributed by atoms with van der Waals surface area (Å²) in [7, 11) is 0. The number of carbonyl (C=O) groups excluding carboxylic acids is 1. The van der Waals surface area contributed by atoms with E-state index in [1.54, 1.807) is 6.07 Å². The van der Waals surface area contributed by atoms with E-state index in [1.807, 2.05) is 6.07 Å². The van der Waals surface area contributed by atoms with Gasteiger partial charge in [0.25, 0.3) is 5.91 Å². The van der Waals surface area contributed by atoms with Crippen LogP contribution in [0.5, 0.6) is 5.75 Å². The highest BCUT2D eigenvalue weighted by Gasteiger charge is 2.25. The van der Waals surface area contributed by atoms with Gasteiger partial charge >= 0.3 is 0 Å². The number of rotatable bonds is 5. The lowest BCUT2D eigenvalue weighted by Gasteiger charge is -2.34. The smallest absolute Gasteiger partial charge is 0.262 e. The van der Waals surface area contributed by atoms with Crippen LogP contribution in [0.3, 0.4) is 0 Å². The minimum atomic E-state index is -0.138. The molecule has 0 spiro atoms. The van der Waals surface area contributed by atoms with Crippen molar-refractivity contribution in [3.05, 3.63) is 12.1 Å². The molecule has 1 aliphatic rings. The summed E-state index contributed by atoms with van der Waals surface area (Å²) in [6, 6.07) is 3.63. The Morgan fingerprint density at radius 2 is 1.95 bits per heavy atom. The van der Waals surface area contributed by atoms with Crippen molar-refractivity contribution >= 4 is 23.0 Å². The van der Waals surface area contributed by atoms with Gasteiger partial charge < -0.3 is 21.1 Å². The van der Waals surface area contributed by atoms with E-state index in [0.29, 0.717) is 17.1 Å². The van der Waals surface area contributed by atoms with E-state index in [4.69, 9.17) is 10.5 Å². The fraction of sp³-hybridized carbons (Fsp3) is 0.533. The maximum Gasteiger partial charge on any atom is 0.262 e. The molecule has 0 saturated carbocycles. The van der Waals surface area contributed by atoms with Crippen LogP contribution in [0.4, 0.5) is 17.1 Å². The molecule has 0 atom stereocenters. The first kappa shape index (κ1) is 14.5. The van der Waals surface area contributed by atoms with Gasteiger partial charge in [0.1, 0.15) is 5.75 Å². The van der Waals surface area contributed by atoms with Crippen molar-refractivity contribution < 1.29 is 9.53 Å². The van der Waals surface area contributed by atoms with Gasteiger partial charge in [0.05, 0.1) is 17.1 Å². The van der Waals surface area contributed by atoms with Gasteiger partial charge in [-0.3, -0.25) is 4.79 Å². The third-order valence-corrected chi connectivity index (χ3v) is 4.21. The van der Waals surface area contributed by atoms with Crippen molar-refractivity contribution in [3.63, 3.8) is 0 Å². The highest BCUT2D eigenvalue weighted by atomic mass is 16.5. The summed E-state index contributed by atoms with van der Waals surface area (Å²) in [6.45, 7) is 6.54. The highest BCUT2D eigenvalue weighted by Crippen LogP contribution is 2.37. The molecule has 0 aromatic heterocycles. The lowest BCUT2D eigenvalue weighted by Crippen LogP contribution is -2.36. The van der Waals surface area contributed by atoms with Gasteiger partial charge in [-0.25, -0.2) is 0 Å². The molecule has 0 radical (unpaired) electrons. The van der Waals surface area contributed by atoms with Crippen LogP contribution in [0.15, 0.2) is 12.1 Å². The number of anilines is 3. The molecule has 0 fully saturated rings. The standard InChI is InChI=1S/C15H23N3O2/c1-4-15(5-2,6-3)18-11-8-12-13(7-10(11)16)20-9-14(19)17-12/h7-8,18H,4-6,9,16H2,1-3H3,(H,17,19). The Bertz CT molecular complexity index is 502. The summed E-state index contributed by atoms with van der Waals surface area (Å²) >= 11 is 0. The number of carbonyl (C=O) groups is 1. The summed E-state index contributed by atoms with van der Waals surface area (Å²) in [6.07, 6.45) is 3.04. The number of nitrogens with two attached hydrogens (primary N) is 1. The van der Waals surface area contributed by atoms with Crippen molar-refractivity contribution in [2.24, 2.45) is 0 Å². The average molecular weight is 277 g/mol. The maximum absolute atomic E-state index is 11.4. The Kier molecular flexibility index (Phi) is 4.06. The van der Waals surface area contributed by atoms with Gasteiger partial charge in [-0.05, 0) is 25.3 Å². The molecule has 0 saturated heterocycles. The number of amides is 1. The predicted molar refractivity (Wildman–Crippen MR) is 82.2 cm³/mol. The Balaban J connectivity index is 2.33. The quantitative estimate of drug-likeness (QED) is 0.723. The Morgan fingerprint density at radius 1 is 1.30 bits per heavy atom. The molecule has 5 heteroatoms. The van der Waals surface area contributed by atoms with Crippen molar-refractivity contribution in [2.45, 2.75) is 45.6 Å². The summed E-state index contributed by atoms with van der Waals surface area (Å²) in [5.74, 6) is 0.490. The van der Waals surface area contributed by atoms with E-state index in [9.17, 15) is 4.79 Å². The third kappa shape index (κ3) is 2.66. The van der Waals surface area contributed by atoms with Crippen molar-refractivity contribution in [3.8, 4) is 5.75 Å². The molecule has 2 rings (SSSR count). The van der Waals surface area contributed by atoms with E-state index in [1.165, 1.54) is 0 Å². The average Bonchev–Trinajstić information content (AvgIpc) is 2.46. The lowest BCUT2D eigenvalue weighted by molar-refractivity contribution is -0.118. The Hall–Kier alpha value is -1.91. The minimum Gasteiger partial charge on any atom is -0.482 e. The highest BCUT2D eigenvalue weighted by molar-refractivity contribution is 5.97. The summed E-state index contributed by atoms with van der Waals surface area (Å²) in [5.41, 5.74) is 8.29. The normalized spacial score (nSPS) is 14.2. The first-order valence-electron chi connectivity index (χ1n) is 7.18. The molecule has 4 N–H and O–H groups in total. The fourth-order valence-electron chi connectivity index (χ4n) is 2.55. The van der Waals surface area contributed by atoms with E-state index >= 15 is 0 Å². The molecule has 0 aliphatic carbocycles. The zero-order valence-corrected chi connectivity index (χ0v) is 12.4. The number of fused-ring (bicyclic) bond motifs is 1. The van der Waals surface area contributed by atoms with Gasteiger partial charge in [-0.2, -0.15) is 0 Å². The van der Waals surface area contributed by atoms with Crippen molar-refractivity contribution in [1.82, 2.24) is 0 Å². The van der Waals surface area contributed by atoms with Crippen LogP contribution in [0.1, 0.15) is 40.0 Å². The second-order valence-corrected chi connectivity index (χ2v) is 5.24. The largest absolute Gasteiger partial charge is 0.482 e. The second-order valence-electron chi connectivity index (χ2n) is 5.24. The monoisotopic (exact) mass is 277 g/mol. The van der Waals surface area contributed by atoms with Crippen LogP contribution >= 0.6 is 0 Å². The summed E-state index contributed by atoms with van der Waals surface area (Å²) in [5, 5.41) is 6.35. The third-order valence-electron chi connectivity index (χ3n) is 4.21. The maximum atomic E-state index is 11.4. The van der Waals surface area contributed by atoms with E-state index in [2.05, 4.69) is 31.4 Å². The number of nitrogens with one attached hydrogen (secondary N) is 2. The van der Waals surface area contributed by atoms with Gasteiger partial charge in [-0.1, -0.05) is 20.8 Å². The Labute approximate surface area is 119 Å². The van der Waals surface area contributed by atoms with Gasteiger partial charge in [-0.15, -0.1) is 0 Å². The Morgan fingerprint density at radius 3 is 2.55 bits per heavy atom. The molecule has 5 nitrogen and oxygen atoms in total. The number of hydrogen-bond acceptors (Lipinski definition) is 4. The molecule has 1 aromatic rings. The zero-order valence-electron chi connectivity index (χ0n) is 12.4.